The average molecular weight is 388 g/mol. The third kappa shape index (κ3) is 3.85. The van der Waals surface area contributed by atoms with Crippen molar-refractivity contribution in [3.8, 4) is 0 Å². The van der Waals surface area contributed by atoms with E-state index >= 15 is 0 Å². The van der Waals surface area contributed by atoms with Gasteiger partial charge >= 0.3 is 0 Å². The predicted octanol–water partition coefficient (Wildman–Crippen LogP) is 4.47. The lowest BCUT2D eigenvalue weighted by molar-refractivity contribution is 0.0941. The zero-order chi connectivity index (χ0) is 14.7. The monoisotopic (exact) mass is 387 g/mol. The van der Waals surface area contributed by atoms with Crippen LogP contribution in [-0.4, -0.2) is 23.5 Å². The molecule has 21 heavy (non-hydrogen) atoms. The number of alkyl halides is 1. The lowest BCUT2D eigenvalue weighted by Crippen LogP contribution is -2.34. The Morgan fingerprint density at radius 2 is 2.14 bits per heavy atom. The van der Waals surface area contributed by atoms with Crippen molar-refractivity contribution in [2.75, 3.05) is 17.6 Å². The van der Waals surface area contributed by atoms with Crippen molar-refractivity contribution in [2.24, 2.45) is 11.8 Å². The van der Waals surface area contributed by atoms with E-state index in [2.05, 4.69) is 27.3 Å². The molecule has 1 amide bonds. The summed E-state index contributed by atoms with van der Waals surface area (Å²) >= 11 is 7.30. The molecule has 0 spiro atoms. The van der Waals surface area contributed by atoms with Gasteiger partial charge in [0.2, 0.25) is 0 Å². The van der Waals surface area contributed by atoms with Crippen LogP contribution in [0.2, 0.25) is 0 Å². The minimum absolute atomic E-state index is 0.137. The van der Waals surface area contributed by atoms with Crippen molar-refractivity contribution in [3.63, 3.8) is 0 Å². The van der Waals surface area contributed by atoms with Crippen LogP contribution in [0, 0.1) is 11.8 Å². The van der Waals surface area contributed by atoms with Gasteiger partial charge in [-0.15, -0.1) is 11.3 Å². The molecule has 2 heterocycles. The number of rotatable bonds is 4. The van der Waals surface area contributed by atoms with Crippen LogP contribution in [0.5, 0.6) is 0 Å². The van der Waals surface area contributed by atoms with E-state index in [0.717, 1.165) is 34.8 Å². The molecule has 2 aliphatic rings. The maximum absolute atomic E-state index is 12.4. The first-order valence-corrected chi connectivity index (χ1v) is 10.9. The van der Waals surface area contributed by atoms with Crippen molar-refractivity contribution < 1.29 is 4.79 Å². The standard InChI is InChI=1S/C16H22BrNOS2/c17-8-11-3-1-2-4-12(11)9-18-16(19)15-7-13-10-20-6-5-14(13)21-15/h7,11-12H,1-6,8-10H2,(H,18,19). The van der Waals surface area contributed by atoms with E-state index in [1.54, 1.807) is 11.3 Å². The summed E-state index contributed by atoms with van der Waals surface area (Å²) in [6.45, 7) is 0.840. The largest absolute Gasteiger partial charge is 0.351 e. The topological polar surface area (TPSA) is 29.1 Å². The molecule has 1 aliphatic heterocycles. The fourth-order valence-electron chi connectivity index (χ4n) is 3.33. The summed E-state index contributed by atoms with van der Waals surface area (Å²) < 4.78 is 0. The van der Waals surface area contributed by atoms with E-state index in [-0.39, 0.29) is 5.91 Å². The number of nitrogens with one attached hydrogen (secondary N) is 1. The minimum Gasteiger partial charge on any atom is -0.351 e. The molecule has 1 aliphatic carbocycles. The summed E-state index contributed by atoms with van der Waals surface area (Å²) in [6.07, 6.45) is 6.35. The van der Waals surface area contributed by atoms with Crippen LogP contribution in [0.1, 0.15) is 45.8 Å². The number of thiophene rings is 1. The Hall–Kier alpha value is -0.000000000000000111. The number of carbonyl (C=O) groups is 1. The Balaban J connectivity index is 1.57. The van der Waals surface area contributed by atoms with Gasteiger partial charge in [-0.25, -0.2) is 0 Å². The smallest absolute Gasteiger partial charge is 0.261 e. The van der Waals surface area contributed by atoms with E-state index in [0.29, 0.717) is 5.92 Å². The van der Waals surface area contributed by atoms with Crippen molar-refractivity contribution in [1.82, 2.24) is 5.32 Å². The van der Waals surface area contributed by atoms with Crippen LogP contribution in [0.3, 0.4) is 0 Å². The Morgan fingerprint density at radius 1 is 1.33 bits per heavy atom. The lowest BCUT2D eigenvalue weighted by Gasteiger charge is -2.30. The molecule has 2 unspecified atom stereocenters. The Morgan fingerprint density at radius 3 is 2.90 bits per heavy atom. The maximum atomic E-state index is 12.4. The SMILES string of the molecule is O=C(NCC1CCCCC1CBr)c1cc2c(s1)CCSC2. The number of fused-ring (bicyclic) bond motifs is 1. The summed E-state index contributed by atoms with van der Waals surface area (Å²) in [6, 6.07) is 2.12. The molecule has 1 saturated carbocycles. The highest BCUT2D eigenvalue weighted by atomic mass is 79.9. The molecule has 116 valence electrons. The number of carbonyl (C=O) groups excluding carboxylic acids is 1. The zero-order valence-corrected chi connectivity index (χ0v) is 15.4. The second-order valence-electron chi connectivity index (χ2n) is 6.03. The molecular formula is C16H22BrNOS2. The highest BCUT2D eigenvalue weighted by molar-refractivity contribution is 9.09. The van der Waals surface area contributed by atoms with Crippen molar-refractivity contribution in [2.45, 2.75) is 37.9 Å². The first-order chi connectivity index (χ1) is 10.3. The number of hydrogen-bond acceptors (Lipinski definition) is 3. The van der Waals surface area contributed by atoms with Gasteiger partial charge in [-0.05, 0) is 48.5 Å². The molecule has 2 atom stereocenters. The first kappa shape index (κ1) is 15.9. The van der Waals surface area contributed by atoms with Crippen LogP contribution in [-0.2, 0) is 12.2 Å². The normalized spacial score (nSPS) is 25.4. The maximum Gasteiger partial charge on any atom is 0.261 e. The quantitative estimate of drug-likeness (QED) is 0.772. The summed E-state index contributed by atoms with van der Waals surface area (Å²) in [5.41, 5.74) is 1.39. The number of aryl methyl sites for hydroxylation is 1. The Bertz CT molecular complexity index is 479. The minimum atomic E-state index is 0.137. The van der Waals surface area contributed by atoms with Gasteiger partial charge < -0.3 is 5.32 Å². The fourth-order valence-corrected chi connectivity index (χ4v) is 6.47. The molecule has 0 aromatic carbocycles. The van der Waals surface area contributed by atoms with E-state index in [4.69, 9.17) is 0 Å². The molecule has 1 aromatic rings. The van der Waals surface area contributed by atoms with Crippen LogP contribution in [0.25, 0.3) is 0 Å². The van der Waals surface area contributed by atoms with Gasteiger partial charge in [-0.1, -0.05) is 28.8 Å². The molecule has 0 radical (unpaired) electrons. The molecule has 1 aromatic heterocycles. The molecule has 3 rings (SSSR count). The third-order valence-corrected chi connectivity index (χ3v) is 7.72. The molecule has 5 heteroatoms. The Kier molecular flexibility index (Phi) is 5.68. The fraction of sp³-hybridized carbons (Fsp3) is 0.688. The van der Waals surface area contributed by atoms with Gasteiger partial charge in [-0.3, -0.25) is 4.79 Å². The van der Waals surface area contributed by atoms with Gasteiger partial charge in [0.15, 0.2) is 0 Å². The number of amides is 1. The first-order valence-electron chi connectivity index (χ1n) is 7.81. The summed E-state index contributed by atoms with van der Waals surface area (Å²) in [4.78, 5) is 14.7. The summed E-state index contributed by atoms with van der Waals surface area (Å²) in [7, 11) is 0. The number of hydrogen-bond donors (Lipinski definition) is 1. The second-order valence-corrected chi connectivity index (χ2v) is 8.92. The molecule has 0 bridgehead atoms. The van der Waals surface area contributed by atoms with Crippen molar-refractivity contribution in [3.05, 3.63) is 21.4 Å². The van der Waals surface area contributed by atoms with Crippen LogP contribution >= 0.6 is 39.0 Å². The van der Waals surface area contributed by atoms with E-state index in [1.807, 2.05) is 11.8 Å². The van der Waals surface area contributed by atoms with E-state index in [9.17, 15) is 4.79 Å². The zero-order valence-electron chi connectivity index (χ0n) is 12.2. The van der Waals surface area contributed by atoms with Crippen LogP contribution in [0.4, 0.5) is 0 Å². The van der Waals surface area contributed by atoms with Gasteiger partial charge in [0.1, 0.15) is 0 Å². The second kappa shape index (κ2) is 7.51. The molecule has 1 N–H and O–H groups in total. The average Bonchev–Trinajstić information content (AvgIpc) is 2.97. The van der Waals surface area contributed by atoms with Gasteiger partial charge in [0.25, 0.3) is 5.91 Å². The van der Waals surface area contributed by atoms with Gasteiger partial charge in [-0.2, -0.15) is 11.8 Å². The lowest BCUT2D eigenvalue weighted by atomic mass is 9.80. The molecular weight excluding hydrogens is 366 g/mol. The number of thioether (sulfide) groups is 1. The molecule has 0 saturated heterocycles. The Labute approximate surface area is 143 Å². The molecule has 2 nitrogen and oxygen atoms in total. The molecule has 1 fully saturated rings. The van der Waals surface area contributed by atoms with E-state index in [1.165, 1.54) is 41.9 Å². The summed E-state index contributed by atoms with van der Waals surface area (Å²) in [5, 5.41) is 4.25. The predicted molar refractivity (Wildman–Crippen MR) is 95.8 cm³/mol. The number of halogens is 1. The van der Waals surface area contributed by atoms with Gasteiger partial charge in [0, 0.05) is 22.5 Å². The van der Waals surface area contributed by atoms with E-state index < -0.39 is 0 Å². The highest BCUT2D eigenvalue weighted by Crippen LogP contribution is 2.33. The van der Waals surface area contributed by atoms with Crippen molar-refractivity contribution >= 4 is 44.9 Å². The highest BCUT2D eigenvalue weighted by Gasteiger charge is 2.25. The third-order valence-electron chi connectivity index (χ3n) is 4.64. The van der Waals surface area contributed by atoms with Crippen molar-refractivity contribution in [1.29, 1.82) is 0 Å². The van der Waals surface area contributed by atoms with Crippen LogP contribution < -0.4 is 5.32 Å². The summed E-state index contributed by atoms with van der Waals surface area (Å²) in [5.74, 6) is 3.79. The van der Waals surface area contributed by atoms with Gasteiger partial charge in [0.05, 0.1) is 4.88 Å². The van der Waals surface area contributed by atoms with Crippen LogP contribution in [0.15, 0.2) is 6.07 Å².